The number of H-pyrrole nitrogens is 2. The van der Waals surface area contributed by atoms with Crippen molar-refractivity contribution in [1.82, 2.24) is 15.3 Å². The molecule has 0 atom stereocenters. The molecule has 2 rings (SSSR count). The van der Waals surface area contributed by atoms with Gasteiger partial charge in [0.05, 0.1) is 0 Å². The van der Waals surface area contributed by atoms with Gasteiger partial charge in [-0.25, -0.2) is 4.79 Å². The van der Waals surface area contributed by atoms with Crippen LogP contribution in [-0.4, -0.2) is 15.9 Å². The van der Waals surface area contributed by atoms with E-state index in [0.29, 0.717) is 6.54 Å². The molecule has 6 heteroatoms. The first-order valence-electron chi connectivity index (χ1n) is 5.72. The van der Waals surface area contributed by atoms with Crippen molar-refractivity contribution in [2.75, 3.05) is 0 Å². The van der Waals surface area contributed by atoms with Crippen molar-refractivity contribution in [2.45, 2.75) is 13.5 Å². The van der Waals surface area contributed by atoms with Crippen LogP contribution in [0.5, 0.6) is 0 Å². The number of hydrogen-bond acceptors (Lipinski definition) is 3. The van der Waals surface area contributed by atoms with E-state index in [1.165, 1.54) is 0 Å². The Labute approximate surface area is 108 Å². The van der Waals surface area contributed by atoms with Crippen molar-refractivity contribution in [3.05, 3.63) is 68.0 Å². The molecule has 6 nitrogen and oxygen atoms in total. The van der Waals surface area contributed by atoms with E-state index in [2.05, 4.69) is 10.3 Å². The highest BCUT2D eigenvalue weighted by Gasteiger charge is 2.10. The lowest BCUT2D eigenvalue weighted by atomic mass is 10.1. The highest BCUT2D eigenvalue weighted by atomic mass is 16.2. The predicted molar refractivity (Wildman–Crippen MR) is 70.0 cm³/mol. The minimum atomic E-state index is -0.703. The molecular formula is C13H13N3O3. The third-order valence-corrected chi connectivity index (χ3v) is 2.60. The average Bonchev–Trinajstić information content (AvgIpc) is 2.36. The molecule has 0 radical (unpaired) electrons. The fourth-order valence-corrected chi connectivity index (χ4v) is 1.68. The van der Waals surface area contributed by atoms with Gasteiger partial charge in [0.2, 0.25) is 0 Å². The molecule has 98 valence electrons. The number of nitrogens with one attached hydrogen (secondary N) is 3. The third kappa shape index (κ3) is 3.19. The van der Waals surface area contributed by atoms with Gasteiger partial charge < -0.3 is 10.3 Å². The van der Waals surface area contributed by atoms with E-state index in [0.717, 1.165) is 17.3 Å². The number of carbonyl (C=O) groups is 1. The summed E-state index contributed by atoms with van der Waals surface area (Å²) < 4.78 is 0. The van der Waals surface area contributed by atoms with E-state index in [9.17, 15) is 14.4 Å². The van der Waals surface area contributed by atoms with E-state index in [1.54, 1.807) is 0 Å². The maximum absolute atomic E-state index is 11.8. The van der Waals surface area contributed by atoms with Crippen LogP contribution in [0.15, 0.2) is 40.1 Å². The zero-order valence-corrected chi connectivity index (χ0v) is 10.3. The molecule has 1 aromatic heterocycles. The van der Waals surface area contributed by atoms with Crippen LogP contribution in [0.25, 0.3) is 0 Å². The SMILES string of the molecule is Cc1cccc(CNC(=O)c2c[nH]c(=O)[nH]c2=O)c1. The van der Waals surface area contributed by atoms with Crippen LogP contribution in [0.3, 0.4) is 0 Å². The molecule has 0 fully saturated rings. The van der Waals surface area contributed by atoms with Gasteiger partial charge >= 0.3 is 5.69 Å². The van der Waals surface area contributed by atoms with E-state index >= 15 is 0 Å². The molecule has 1 amide bonds. The van der Waals surface area contributed by atoms with Crippen LogP contribution < -0.4 is 16.6 Å². The Kier molecular flexibility index (Phi) is 3.61. The number of carbonyl (C=O) groups excluding carboxylic acids is 1. The van der Waals surface area contributed by atoms with Crippen LogP contribution in [0.4, 0.5) is 0 Å². The lowest BCUT2D eigenvalue weighted by Gasteiger charge is -2.05. The van der Waals surface area contributed by atoms with Crippen molar-refractivity contribution >= 4 is 5.91 Å². The first-order chi connectivity index (χ1) is 9.06. The highest BCUT2D eigenvalue weighted by molar-refractivity contribution is 5.93. The third-order valence-electron chi connectivity index (χ3n) is 2.60. The van der Waals surface area contributed by atoms with Gasteiger partial charge in [-0.1, -0.05) is 29.8 Å². The molecule has 0 aliphatic rings. The highest BCUT2D eigenvalue weighted by Crippen LogP contribution is 2.03. The molecule has 2 aromatic rings. The van der Waals surface area contributed by atoms with Crippen LogP contribution in [0.1, 0.15) is 21.5 Å². The number of aryl methyl sites for hydroxylation is 1. The molecular weight excluding hydrogens is 246 g/mol. The summed E-state index contributed by atoms with van der Waals surface area (Å²) in [4.78, 5) is 38.3. The van der Waals surface area contributed by atoms with E-state index in [4.69, 9.17) is 0 Å². The second-order valence-corrected chi connectivity index (χ2v) is 4.16. The van der Waals surface area contributed by atoms with Crippen LogP contribution in [0.2, 0.25) is 0 Å². The number of hydrogen-bond donors (Lipinski definition) is 3. The Balaban J connectivity index is 2.10. The number of aromatic nitrogens is 2. The van der Waals surface area contributed by atoms with Crippen LogP contribution >= 0.6 is 0 Å². The molecule has 0 spiro atoms. The Bertz CT molecular complexity index is 715. The molecule has 0 saturated heterocycles. The molecule has 3 N–H and O–H groups in total. The van der Waals surface area contributed by atoms with Gasteiger partial charge in [0.25, 0.3) is 11.5 Å². The van der Waals surface area contributed by atoms with E-state index in [-0.39, 0.29) is 5.56 Å². The Hall–Kier alpha value is -2.63. The number of benzene rings is 1. The maximum Gasteiger partial charge on any atom is 0.325 e. The number of rotatable bonds is 3. The van der Waals surface area contributed by atoms with Gasteiger partial charge in [0.1, 0.15) is 5.56 Å². The second kappa shape index (κ2) is 5.34. The molecule has 1 aromatic carbocycles. The molecule has 0 aliphatic heterocycles. The summed E-state index contributed by atoms with van der Waals surface area (Å²) >= 11 is 0. The largest absolute Gasteiger partial charge is 0.348 e. The summed E-state index contributed by atoms with van der Waals surface area (Å²) in [7, 11) is 0. The normalized spacial score (nSPS) is 10.2. The summed E-state index contributed by atoms with van der Waals surface area (Å²) in [6.45, 7) is 2.27. The molecule has 0 bridgehead atoms. The maximum atomic E-state index is 11.8. The molecule has 19 heavy (non-hydrogen) atoms. The predicted octanol–water partition coefficient (Wildman–Crippen LogP) is 0.302. The average molecular weight is 259 g/mol. The smallest absolute Gasteiger partial charge is 0.325 e. The fraction of sp³-hybridized carbons (Fsp3) is 0.154. The summed E-state index contributed by atoms with van der Waals surface area (Å²) in [5.41, 5.74) is 0.570. The second-order valence-electron chi connectivity index (χ2n) is 4.16. The summed E-state index contributed by atoms with van der Waals surface area (Å²) in [5, 5.41) is 2.62. The first kappa shape index (κ1) is 12.8. The molecule has 1 heterocycles. The van der Waals surface area contributed by atoms with Crippen molar-refractivity contribution < 1.29 is 4.79 Å². The minimum absolute atomic E-state index is 0.118. The van der Waals surface area contributed by atoms with Gasteiger partial charge in [-0.3, -0.25) is 14.6 Å². The lowest BCUT2D eigenvalue weighted by molar-refractivity contribution is 0.0949. The standard InChI is InChI=1S/C13H13N3O3/c1-8-3-2-4-9(5-8)6-14-11(17)10-7-15-13(19)16-12(10)18/h2-5,7H,6H2,1H3,(H,14,17)(H2,15,16,18,19). The van der Waals surface area contributed by atoms with Crippen molar-refractivity contribution in [2.24, 2.45) is 0 Å². The topological polar surface area (TPSA) is 94.8 Å². The monoisotopic (exact) mass is 259 g/mol. The van der Waals surface area contributed by atoms with Gasteiger partial charge in [0, 0.05) is 12.7 Å². The Morgan fingerprint density at radius 1 is 1.32 bits per heavy atom. The first-order valence-corrected chi connectivity index (χ1v) is 5.72. The molecule has 0 saturated carbocycles. The Morgan fingerprint density at radius 2 is 2.11 bits per heavy atom. The summed E-state index contributed by atoms with van der Waals surface area (Å²) in [5.74, 6) is -0.529. The van der Waals surface area contributed by atoms with Crippen molar-refractivity contribution in [1.29, 1.82) is 0 Å². The Morgan fingerprint density at radius 3 is 2.79 bits per heavy atom. The molecule has 0 unspecified atom stereocenters. The fourth-order valence-electron chi connectivity index (χ4n) is 1.68. The summed E-state index contributed by atoms with van der Waals surface area (Å²) in [6, 6.07) is 7.67. The van der Waals surface area contributed by atoms with E-state index in [1.807, 2.05) is 36.2 Å². The van der Waals surface area contributed by atoms with Crippen LogP contribution in [0, 0.1) is 6.92 Å². The lowest BCUT2D eigenvalue weighted by Crippen LogP contribution is -2.33. The quantitative estimate of drug-likeness (QED) is 0.740. The van der Waals surface area contributed by atoms with E-state index < -0.39 is 17.2 Å². The minimum Gasteiger partial charge on any atom is -0.348 e. The summed E-state index contributed by atoms with van der Waals surface area (Å²) in [6.07, 6.45) is 1.10. The van der Waals surface area contributed by atoms with Crippen LogP contribution in [-0.2, 0) is 6.54 Å². The molecule has 0 aliphatic carbocycles. The zero-order valence-electron chi connectivity index (χ0n) is 10.3. The van der Waals surface area contributed by atoms with Crippen molar-refractivity contribution in [3.8, 4) is 0 Å². The zero-order chi connectivity index (χ0) is 13.8. The van der Waals surface area contributed by atoms with Gasteiger partial charge in [0.15, 0.2) is 0 Å². The van der Waals surface area contributed by atoms with Gasteiger partial charge in [-0.15, -0.1) is 0 Å². The number of aromatic amines is 2. The van der Waals surface area contributed by atoms with Gasteiger partial charge in [-0.2, -0.15) is 0 Å². The van der Waals surface area contributed by atoms with Crippen molar-refractivity contribution in [3.63, 3.8) is 0 Å². The number of amides is 1. The van der Waals surface area contributed by atoms with Gasteiger partial charge in [-0.05, 0) is 12.5 Å².